The molecular weight excluding hydrogens is 500 g/mol. The molecule has 0 spiro atoms. The van der Waals surface area contributed by atoms with Crippen LogP contribution in [0.15, 0.2) is 58.3 Å². The number of hydrogen-bond donors (Lipinski definition) is 0. The summed E-state index contributed by atoms with van der Waals surface area (Å²) in [5, 5.41) is 0. The third-order valence-corrected chi connectivity index (χ3v) is 5.98. The van der Waals surface area contributed by atoms with Crippen molar-refractivity contribution in [3.05, 3.63) is 76.0 Å². The number of benzene rings is 1. The summed E-state index contributed by atoms with van der Waals surface area (Å²) in [6, 6.07) is 11.4. The Kier molecular flexibility index (Phi) is 7.21. The van der Waals surface area contributed by atoms with Gasteiger partial charge in [0.2, 0.25) is 0 Å². The van der Waals surface area contributed by atoms with Crippen LogP contribution in [-0.4, -0.2) is 45.4 Å². The topological polar surface area (TPSA) is 95.7 Å². The summed E-state index contributed by atoms with van der Waals surface area (Å²) in [7, 11) is 0. The lowest BCUT2D eigenvalue weighted by molar-refractivity contribution is -0.153. The number of fused-ring (bicyclic) bond motifs is 3. The normalized spacial score (nSPS) is 15.4. The molecule has 0 fully saturated rings. The van der Waals surface area contributed by atoms with Gasteiger partial charge >= 0.3 is 11.9 Å². The Morgan fingerprint density at radius 1 is 1.18 bits per heavy atom. The molecule has 0 radical (unpaired) electrons. The molecule has 4 rings (SSSR count). The number of carbonyl (C=O) groups excluding carboxylic acids is 2. The van der Waals surface area contributed by atoms with Crippen molar-refractivity contribution in [2.75, 3.05) is 13.2 Å². The fourth-order valence-corrected chi connectivity index (χ4v) is 4.17. The first-order valence-corrected chi connectivity index (χ1v) is 11.8. The van der Waals surface area contributed by atoms with Crippen LogP contribution in [0.4, 0.5) is 0 Å². The molecule has 3 aromatic rings. The number of esters is 2. The molecule has 34 heavy (non-hydrogen) atoms. The first-order chi connectivity index (χ1) is 16.3. The molecule has 0 N–H and O–H groups in total. The minimum atomic E-state index is -0.545. The third kappa shape index (κ3) is 5.09. The van der Waals surface area contributed by atoms with Gasteiger partial charge in [0.15, 0.2) is 0 Å². The maximum absolute atomic E-state index is 12.3. The third-order valence-electron chi connectivity index (χ3n) is 5.49. The van der Waals surface area contributed by atoms with E-state index in [0.717, 1.165) is 38.6 Å². The molecule has 1 aliphatic rings. The van der Waals surface area contributed by atoms with Crippen molar-refractivity contribution in [3.63, 3.8) is 0 Å². The van der Waals surface area contributed by atoms with Crippen LogP contribution in [0.3, 0.4) is 0 Å². The highest BCUT2D eigenvalue weighted by Gasteiger charge is 2.28. The average molecular weight is 525 g/mol. The van der Waals surface area contributed by atoms with Gasteiger partial charge in [-0.25, -0.2) is 4.98 Å². The summed E-state index contributed by atoms with van der Waals surface area (Å²) >= 11 is 3.58. The van der Waals surface area contributed by atoms with E-state index in [1.807, 2.05) is 49.5 Å². The second kappa shape index (κ2) is 10.3. The van der Waals surface area contributed by atoms with Crippen molar-refractivity contribution < 1.29 is 19.1 Å². The highest BCUT2D eigenvalue weighted by atomic mass is 79.9. The number of hydrogen-bond acceptors (Lipinski definition) is 7. The number of pyridine rings is 1. The molecule has 176 valence electrons. The van der Waals surface area contributed by atoms with Crippen LogP contribution >= 0.6 is 15.9 Å². The van der Waals surface area contributed by atoms with Gasteiger partial charge in [0.25, 0.3) is 0 Å². The predicted molar refractivity (Wildman–Crippen MR) is 130 cm³/mol. The fraction of sp³-hybridized carbons (Fsp3) is 0.320. The molecule has 0 saturated carbocycles. The summed E-state index contributed by atoms with van der Waals surface area (Å²) in [5.74, 6) is -0.620. The Balaban J connectivity index is 1.65. The van der Waals surface area contributed by atoms with Gasteiger partial charge in [-0.1, -0.05) is 22.0 Å². The summed E-state index contributed by atoms with van der Waals surface area (Å²) in [6.07, 6.45) is 4.00. The fourth-order valence-electron chi connectivity index (χ4n) is 3.80. The van der Waals surface area contributed by atoms with Crippen LogP contribution < -0.4 is 0 Å². The van der Waals surface area contributed by atoms with Crippen LogP contribution in [0.25, 0.3) is 5.69 Å². The summed E-state index contributed by atoms with van der Waals surface area (Å²) in [6.45, 7) is 5.12. The van der Waals surface area contributed by atoms with E-state index < -0.39 is 17.9 Å². The van der Waals surface area contributed by atoms with Crippen molar-refractivity contribution in [1.29, 1.82) is 0 Å². The van der Waals surface area contributed by atoms with E-state index in [1.54, 1.807) is 13.1 Å². The predicted octanol–water partition coefficient (Wildman–Crippen LogP) is 4.36. The first kappa shape index (κ1) is 23.8. The molecule has 2 aromatic heterocycles. The largest absolute Gasteiger partial charge is 0.465 e. The molecule has 2 atom stereocenters. The molecule has 3 heterocycles. The number of ether oxygens (including phenoxy) is 2. The van der Waals surface area contributed by atoms with E-state index in [-0.39, 0.29) is 19.3 Å². The van der Waals surface area contributed by atoms with E-state index >= 15 is 0 Å². The molecule has 1 aliphatic heterocycles. The number of halogens is 1. The van der Waals surface area contributed by atoms with Gasteiger partial charge in [-0.05, 0) is 44.2 Å². The second-order valence-corrected chi connectivity index (χ2v) is 9.04. The zero-order chi connectivity index (χ0) is 24.2. The van der Waals surface area contributed by atoms with Crippen molar-refractivity contribution in [1.82, 2.24) is 14.5 Å². The van der Waals surface area contributed by atoms with Crippen molar-refractivity contribution in [2.24, 2.45) is 10.9 Å². The van der Waals surface area contributed by atoms with Gasteiger partial charge in [0.05, 0.1) is 29.6 Å². The quantitative estimate of drug-likeness (QED) is 0.426. The van der Waals surface area contributed by atoms with Crippen LogP contribution in [-0.2, 0) is 19.1 Å². The molecule has 0 amide bonds. The number of aryl methyl sites for hydroxylation is 1. The number of nitrogens with zero attached hydrogens (tertiary/aromatic N) is 4. The molecular formula is C25H25BrN4O4. The Hall–Kier alpha value is -3.33. The zero-order valence-corrected chi connectivity index (χ0v) is 20.8. The standard InChI is InChI=1S/C25H25BrN4O4/c1-15(14-34-17(3)31)25(32)33-11-9-21-24-28-13-16(2)30(24)22-8-7-18(26)12-19(22)23(29-21)20-6-4-5-10-27-20/h4-8,10,12-13,15,21H,9,11,14H2,1-3H3/t15?,21-/m0/s1. The Labute approximate surface area is 206 Å². The number of aromatic nitrogens is 3. The van der Waals surface area contributed by atoms with E-state index in [9.17, 15) is 9.59 Å². The minimum absolute atomic E-state index is 0.00659. The van der Waals surface area contributed by atoms with E-state index in [1.165, 1.54) is 6.92 Å². The molecule has 1 unspecified atom stereocenters. The van der Waals surface area contributed by atoms with E-state index in [0.29, 0.717) is 6.42 Å². The molecule has 9 heteroatoms. The number of rotatable bonds is 7. The molecule has 0 aliphatic carbocycles. The van der Waals surface area contributed by atoms with Gasteiger partial charge in [-0.3, -0.25) is 24.1 Å². The maximum Gasteiger partial charge on any atom is 0.312 e. The van der Waals surface area contributed by atoms with E-state index in [2.05, 4.69) is 30.5 Å². The number of aliphatic imine (C=N–C) groups is 1. The summed E-state index contributed by atoms with van der Waals surface area (Å²) in [4.78, 5) is 37.6. The van der Waals surface area contributed by atoms with Gasteiger partial charge < -0.3 is 9.47 Å². The lowest BCUT2D eigenvalue weighted by atomic mass is 10.0. The second-order valence-electron chi connectivity index (χ2n) is 8.12. The van der Waals surface area contributed by atoms with Crippen LogP contribution in [0.2, 0.25) is 0 Å². The lowest BCUT2D eigenvalue weighted by Crippen LogP contribution is -2.22. The van der Waals surface area contributed by atoms with Gasteiger partial charge in [-0.2, -0.15) is 0 Å². The molecule has 0 bridgehead atoms. The van der Waals surface area contributed by atoms with Crippen LogP contribution in [0.5, 0.6) is 0 Å². The van der Waals surface area contributed by atoms with Crippen molar-refractivity contribution >= 4 is 33.6 Å². The molecule has 8 nitrogen and oxygen atoms in total. The smallest absolute Gasteiger partial charge is 0.312 e. The highest BCUT2D eigenvalue weighted by Crippen LogP contribution is 2.34. The monoisotopic (exact) mass is 524 g/mol. The van der Waals surface area contributed by atoms with Gasteiger partial charge in [-0.15, -0.1) is 0 Å². The lowest BCUT2D eigenvalue weighted by Gasteiger charge is -2.15. The van der Waals surface area contributed by atoms with Gasteiger partial charge in [0.1, 0.15) is 18.5 Å². The maximum atomic E-state index is 12.3. The molecule has 0 saturated heterocycles. The van der Waals surface area contributed by atoms with Gasteiger partial charge in [0, 0.05) is 41.5 Å². The Morgan fingerprint density at radius 3 is 2.74 bits per heavy atom. The molecule has 1 aromatic carbocycles. The van der Waals surface area contributed by atoms with Crippen LogP contribution in [0.1, 0.15) is 49.1 Å². The summed E-state index contributed by atoms with van der Waals surface area (Å²) < 4.78 is 13.4. The van der Waals surface area contributed by atoms with Crippen LogP contribution in [0, 0.1) is 12.8 Å². The highest BCUT2D eigenvalue weighted by molar-refractivity contribution is 9.10. The zero-order valence-electron chi connectivity index (χ0n) is 19.2. The summed E-state index contributed by atoms with van der Waals surface area (Å²) in [5.41, 5.74) is 4.38. The SMILES string of the molecule is CC(=O)OCC(C)C(=O)OCC[C@@H]1N=C(c2ccccn2)c2cc(Br)ccc2-n2c(C)cnc21. The average Bonchev–Trinajstić information content (AvgIpc) is 3.14. The first-order valence-electron chi connectivity index (χ1n) is 11.0. The minimum Gasteiger partial charge on any atom is -0.465 e. The van der Waals surface area contributed by atoms with Crippen molar-refractivity contribution in [2.45, 2.75) is 33.2 Å². The van der Waals surface area contributed by atoms with Crippen molar-refractivity contribution in [3.8, 4) is 5.69 Å². The number of imidazole rings is 1. The van der Waals surface area contributed by atoms with E-state index in [4.69, 9.17) is 14.5 Å². The Morgan fingerprint density at radius 2 is 2.00 bits per heavy atom. The number of carbonyl (C=O) groups is 2. The Bertz CT molecular complexity index is 1240.